The average Bonchev–Trinajstić information content (AvgIpc) is 2.72. The summed E-state index contributed by atoms with van der Waals surface area (Å²) < 4.78 is 0. The molecule has 1 aromatic carbocycles. The lowest BCUT2D eigenvalue weighted by molar-refractivity contribution is -0.141. The van der Waals surface area contributed by atoms with Gasteiger partial charge in [0, 0.05) is 37.8 Å². The number of nitrogens with zero attached hydrogens (tertiary/aromatic N) is 2. The molecule has 0 unspecified atom stereocenters. The number of hydrogen-bond acceptors (Lipinski definition) is 3. The van der Waals surface area contributed by atoms with Crippen LogP contribution in [-0.2, 0) is 9.59 Å². The van der Waals surface area contributed by atoms with Crippen LogP contribution < -0.4 is 10.6 Å². The highest BCUT2D eigenvalue weighted by molar-refractivity contribution is 5.92. The number of piperidine rings is 2. The number of carbonyl (C=O) groups is 3. The van der Waals surface area contributed by atoms with Crippen molar-refractivity contribution in [2.24, 2.45) is 5.92 Å². The Morgan fingerprint density at radius 3 is 2.39 bits per heavy atom. The molecule has 3 rings (SSSR count). The maximum absolute atomic E-state index is 12.6. The van der Waals surface area contributed by atoms with Crippen LogP contribution in [-0.4, -0.2) is 60.4 Å². The summed E-state index contributed by atoms with van der Waals surface area (Å²) in [5.74, 6) is 0.172. The number of benzene rings is 1. The Balaban J connectivity index is 1.38. The summed E-state index contributed by atoms with van der Waals surface area (Å²) in [6.45, 7) is 4.80. The number of amides is 4. The second-order valence-electron chi connectivity index (χ2n) is 7.72. The van der Waals surface area contributed by atoms with Gasteiger partial charge < -0.3 is 20.4 Å². The molecule has 2 N–H and O–H groups in total. The molecule has 1 aromatic rings. The fourth-order valence-electron chi connectivity index (χ4n) is 3.91. The first kappa shape index (κ1) is 20.2. The van der Waals surface area contributed by atoms with Crippen molar-refractivity contribution in [2.75, 3.05) is 38.0 Å². The van der Waals surface area contributed by atoms with Crippen molar-refractivity contribution in [1.29, 1.82) is 0 Å². The van der Waals surface area contributed by atoms with Crippen molar-refractivity contribution >= 4 is 23.5 Å². The largest absolute Gasteiger partial charge is 0.342 e. The SMILES string of the molecule is Cc1cccc(NC(=O)NCC(=O)N2CCC(C(=O)N3CCCCC3)CC2)c1. The maximum Gasteiger partial charge on any atom is 0.319 e. The summed E-state index contributed by atoms with van der Waals surface area (Å²) in [7, 11) is 0. The van der Waals surface area contributed by atoms with E-state index in [-0.39, 0.29) is 24.3 Å². The van der Waals surface area contributed by atoms with Crippen LogP contribution in [0.25, 0.3) is 0 Å². The van der Waals surface area contributed by atoms with Crippen LogP contribution in [0, 0.1) is 12.8 Å². The van der Waals surface area contributed by atoms with Crippen LogP contribution in [0.4, 0.5) is 10.5 Å². The summed E-state index contributed by atoms with van der Waals surface area (Å²) in [4.78, 5) is 40.7. The summed E-state index contributed by atoms with van der Waals surface area (Å²) >= 11 is 0. The van der Waals surface area contributed by atoms with Gasteiger partial charge in [-0.25, -0.2) is 4.79 Å². The van der Waals surface area contributed by atoms with E-state index < -0.39 is 6.03 Å². The Morgan fingerprint density at radius 1 is 1.00 bits per heavy atom. The Labute approximate surface area is 166 Å². The van der Waals surface area contributed by atoms with E-state index in [1.807, 2.05) is 30.0 Å². The number of carbonyl (C=O) groups excluding carboxylic acids is 3. The molecule has 28 heavy (non-hydrogen) atoms. The van der Waals surface area contributed by atoms with Gasteiger partial charge in [-0.15, -0.1) is 0 Å². The highest BCUT2D eigenvalue weighted by Gasteiger charge is 2.30. The number of rotatable bonds is 4. The minimum absolute atomic E-state index is 0.0275. The second kappa shape index (κ2) is 9.57. The highest BCUT2D eigenvalue weighted by Crippen LogP contribution is 2.22. The van der Waals surface area contributed by atoms with Crippen LogP contribution in [0.15, 0.2) is 24.3 Å². The Morgan fingerprint density at radius 2 is 1.71 bits per heavy atom. The molecule has 0 atom stereocenters. The van der Waals surface area contributed by atoms with Crippen molar-refractivity contribution in [3.05, 3.63) is 29.8 Å². The average molecular weight is 386 g/mol. The van der Waals surface area contributed by atoms with Gasteiger partial charge >= 0.3 is 6.03 Å². The third-order valence-corrected chi connectivity index (χ3v) is 5.54. The first-order chi connectivity index (χ1) is 13.5. The van der Waals surface area contributed by atoms with E-state index in [1.54, 1.807) is 11.0 Å². The lowest BCUT2D eigenvalue weighted by Crippen LogP contribution is -2.48. The van der Waals surface area contributed by atoms with E-state index in [9.17, 15) is 14.4 Å². The molecule has 0 spiro atoms. The van der Waals surface area contributed by atoms with Gasteiger partial charge in [0.15, 0.2) is 0 Å². The molecule has 7 nitrogen and oxygen atoms in total. The predicted octanol–water partition coefficient (Wildman–Crippen LogP) is 2.37. The van der Waals surface area contributed by atoms with E-state index in [2.05, 4.69) is 10.6 Å². The standard InChI is InChI=1S/C21H30N4O3/c1-16-6-5-7-18(14-16)23-21(28)22-15-19(26)24-12-8-17(9-13-24)20(27)25-10-3-2-4-11-25/h5-7,14,17H,2-4,8-13,15H2,1H3,(H2,22,23,28). The maximum atomic E-state index is 12.6. The van der Waals surface area contributed by atoms with Crippen molar-refractivity contribution < 1.29 is 14.4 Å². The van der Waals surface area contributed by atoms with Crippen molar-refractivity contribution in [3.63, 3.8) is 0 Å². The van der Waals surface area contributed by atoms with Gasteiger partial charge in [0.25, 0.3) is 0 Å². The molecule has 4 amide bonds. The van der Waals surface area contributed by atoms with Crippen LogP contribution >= 0.6 is 0 Å². The normalized spacial score (nSPS) is 17.9. The first-order valence-electron chi connectivity index (χ1n) is 10.2. The smallest absolute Gasteiger partial charge is 0.319 e. The highest BCUT2D eigenvalue weighted by atomic mass is 16.2. The third kappa shape index (κ3) is 5.47. The zero-order chi connectivity index (χ0) is 19.9. The molecule has 0 aliphatic carbocycles. The predicted molar refractivity (Wildman–Crippen MR) is 108 cm³/mol. The van der Waals surface area contributed by atoms with Crippen molar-refractivity contribution in [3.8, 4) is 0 Å². The summed E-state index contributed by atoms with van der Waals surface area (Å²) in [5, 5.41) is 5.35. The molecule has 2 heterocycles. The minimum Gasteiger partial charge on any atom is -0.342 e. The van der Waals surface area contributed by atoms with Gasteiger partial charge in [0.1, 0.15) is 0 Å². The molecule has 7 heteroatoms. The van der Waals surface area contributed by atoms with Gasteiger partial charge in [0.2, 0.25) is 11.8 Å². The molecule has 2 saturated heterocycles. The van der Waals surface area contributed by atoms with Gasteiger partial charge in [-0.3, -0.25) is 9.59 Å². The van der Waals surface area contributed by atoms with E-state index in [4.69, 9.17) is 0 Å². The molecular formula is C21H30N4O3. The van der Waals surface area contributed by atoms with Crippen LogP contribution in [0.5, 0.6) is 0 Å². The topological polar surface area (TPSA) is 81.8 Å². The number of aryl methyl sites for hydroxylation is 1. The number of urea groups is 1. The van der Waals surface area contributed by atoms with Crippen molar-refractivity contribution in [2.45, 2.75) is 39.0 Å². The Kier molecular flexibility index (Phi) is 6.90. The number of hydrogen-bond donors (Lipinski definition) is 2. The quantitative estimate of drug-likeness (QED) is 0.833. The first-order valence-corrected chi connectivity index (χ1v) is 10.2. The van der Waals surface area contributed by atoms with Crippen LogP contribution in [0.3, 0.4) is 0 Å². The summed E-state index contributed by atoms with van der Waals surface area (Å²) in [5.41, 5.74) is 1.75. The zero-order valence-corrected chi connectivity index (χ0v) is 16.6. The van der Waals surface area contributed by atoms with Gasteiger partial charge in [-0.2, -0.15) is 0 Å². The zero-order valence-electron chi connectivity index (χ0n) is 16.6. The fraction of sp³-hybridized carbons (Fsp3) is 0.571. The van der Waals surface area contributed by atoms with Gasteiger partial charge in [0.05, 0.1) is 6.54 Å². The fourth-order valence-corrected chi connectivity index (χ4v) is 3.91. The molecule has 0 aromatic heterocycles. The lowest BCUT2D eigenvalue weighted by atomic mass is 9.94. The monoisotopic (exact) mass is 386 g/mol. The Bertz CT molecular complexity index is 707. The molecule has 2 fully saturated rings. The second-order valence-corrected chi connectivity index (χ2v) is 7.72. The minimum atomic E-state index is -0.394. The van der Waals surface area contributed by atoms with Crippen LogP contribution in [0.1, 0.15) is 37.7 Å². The third-order valence-electron chi connectivity index (χ3n) is 5.54. The molecule has 2 aliphatic heterocycles. The molecule has 2 aliphatic rings. The van der Waals surface area contributed by atoms with E-state index in [0.29, 0.717) is 31.6 Å². The molecular weight excluding hydrogens is 356 g/mol. The van der Waals surface area contributed by atoms with E-state index >= 15 is 0 Å². The van der Waals surface area contributed by atoms with E-state index in [1.165, 1.54) is 6.42 Å². The molecule has 0 saturated carbocycles. The molecule has 0 radical (unpaired) electrons. The number of anilines is 1. The van der Waals surface area contributed by atoms with Crippen LogP contribution in [0.2, 0.25) is 0 Å². The number of nitrogens with one attached hydrogen (secondary N) is 2. The molecule has 0 bridgehead atoms. The van der Waals surface area contributed by atoms with E-state index in [0.717, 1.165) is 31.5 Å². The summed E-state index contributed by atoms with van der Waals surface area (Å²) in [6, 6.07) is 7.09. The molecule has 152 valence electrons. The number of likely N-dealkylation sites (tertiary alicyclic amines) is 2. The van der Waals surface area contributed by atoms with Gasteiger partial charge in [-0.1, -0.05) is 12.1 Å². The van der Waals surface area contributed by atoms with Gasteiger partial charge in [-0.05, 0) is 56.7 Å². The Hall–Kier alpha value is -2.57. The lowest BCUT2D eigenvalue weighted by Gasteiger charge is -2.35. The van der Waals surface area contributed by atoms with Crippen molar-refractivity contribution in [1.82, 2.24) is 15.1 Å². The summed E-state index contributed by atoms with van der Waals surface area (Å²) in [6.07, 6.45) is 4.81.